The van der Waals surface area contributed by atoms with Gasteiger partial charge >= 0.3 is 0 Å². The Morgan fingerprint density at radius 2 is 1.44 bits per heavy atom. The number of hydrogen-bond donors (Lipinski definition) is 0. The van der Waals surface area contributed by atoms with Crippen LogP contribution in [0, 0.1) is 5.92 Å². The monoisotopic (exact) mass is 249 g/mol. The van der Waals surface area contributed by atoms with E-state index in [9.17, 15) is 0 Å². The minimum absolute atomic E-state index is 0.206. The minimum Gasteiger partial charge on any atom is -0.295 e. The largest absolute Gasteiger partial charge is 0.295 e. The van der Waals surface area contributed by atoms with Crippen LogP contribution in [0.4, 0.5) is 0 Å². The van der Waals surface area contributed by atoms with E-state index in [0.717, 1.165) is 0 Å². The van der Waals surface area contributed by atoms with Gasteiger partial charge in [-0.05, 0) is 39.2 Å². The summed E-state index contributed by atoms with van der Waals surface area (Å²) in [5, 5.41) is 2.14. The van der Waals surface area contributed by atoms with Crippen LogP contribution >= 0.6 is 0 Å². The summed E-state index contributed by atoms with van der Waals surface area (Å²) in [4.78, 5) is 6.02. The zero-order chi connectivity index (χ0) is 13.7. The van der Waals surface area contributed by atoms with Gasteiger partial charge in [0.1, 0.15) is 0 Å². The van der Waals surface area contributed by atoms with Crippen molar-refractivity contribution in [2.45, 2.75) is 59.7 Å². The van der Waals surface area contributed by atoms with Crippen LogP contribution in [-0.4, -0.2) is 17.2 Å². The highest BCUT2D eigenvalue weighted by atomic mass is 16.7. The fraction of sp³-hybridized carbons (Fsp3) is 0.625. The van der Waals surface area contributed by atoms with Crippen molar-refractivity contribution in [2.75, 3.05) is 0 Å². The average Bonchev–Trinajstić information content (AvgIpc) is 2.28. The minimum atomic E-state index is 0.206. The maximum Gasteiger partial charge on any atom is 0.0737 e. The Morgan fingerprint density at radius 1 is 0.889 bits per heavy atom. The van der Waals surface area contributed by atoms with Crippen molar-refractivity contribution < 1.29 is 4.84 Å². The van der Waals surface area contributed by atoms with Crippen LogP contribution in [0.1, 0.15) is 53.1 Å². The quantitative estimate of drug-likeness (QED) is 0.691. The van der Waals surface area contributed by atoms with Gasteiger partial charge in [-0.15, -0.1) is 0 Å². The summed E-state index contributed by atoms with van der Waals surface area (Å²) in [6.07, 6.45) is 0.206. The Hall–Kier alpha value is -0.860. The van der Waals surface area contributed by atoms with E-state index in [2.05, 4.69) is 76.9 Å². The number of nitrogens with zero attached hydrogens (tertiary/aromatic N) is 1. The number of hydroxylamine groups is 2. The lowest BCUT2D eigenvalue weighted by atomic mass is 9.95. The summed E-state index contributed by atoms with van der Waals surface area (Å²) in [7, 11) is 0. The lowest BCUT2D eigenvalue weighted by molar-refractivity contribution is -0.240. The zero-order valence-corrected chi connectivity index (χ0v) is 12.6. The van der Waals surface area contributed by atoms with Crippen molar-refractivity contribution in [1.29, 1.82) is 0 Å². The Morgan fingerprint density at radius 3 is 1.83 bits per heavy atom. The molecule has 0 aromatic heterocycles. The first-order valence-electron chi connectivity index (χ1n) is 6.93. The number of benzene rings is 1. The summed E-state index contributed by atoms with van der Waals surface area (Å²) >= 11 is 0. The molecular formula is C16H27NO. The molecular weight excluding hydrogens is 222 g/mol. The molecule has 0 heterocycles. The van der Waals surface area contributed by atoms with E-state index in [1.165, 1.54) is 5.56 Å². The molecule has 0 bridgehead atoms. The molecule has 0 aliphatic rings. The molecule has 1 aromatic rings. The SMILES string of the molecule is CC(C)ON(C(C)C)C(c1ccccc1)C(C)C. The van der Waals surface area contributed by atoms with Crippen molar-refractivity contribution in [1.82, 2.24) is 5.06 Å². The van der Waals surface area contributed by atoms with E-state index in [0.29, 0.717) is 18.0 Å². The lowest BCUT2D eigenvalue weighted by Crippen LogP contribution is -2.39. The summed E-state index contributed by atoms with van der Waals surface area (Å²) in [5.74, 6) is 0.508. The zero-order valence-electron chi connectivity index (χ0n) is 12.6. The van der Waals surface area contributed by atoms with Gasteiger partial charge in [-0.2, -0.15) is 5.06 Å². The average molecular weight is 249 g/mol. The molecule has 0 aliphatic heterocycles. The maximum absolute atomic E-state index is 6.02. The van der Waals surface area contributed by atoms with Crippen molar-refractivity contribution in [2.24, 2.45) is 5.92 Å². The van der Waals surface area contributed by atoms with Crippen LogP contribution in [0.15, 0.2) is 30.3 Å². The fourth-order valence-electron chi connectivity index (χ4n) is 2.23. The van der Waals surface area contributed by atoms with E-state index in [4.69, 9.17) is 4.84 Å². The van der Waals surface area contributed by atoms with E-state index < -0.39 is 0 Å². The molecule has 0 spiro atoms. The Balaban J connectivity index is 3.01. The van der Waals surface area contributed by atoms with Crippen LogP contribution < -0.4 is 0 Å². The van der Waals surface area contributed by atoms with Crippen LogP contribution in [0.25, 0.3) is 0 Å². The number of rotatable bonds is 6. The summed E-state index contributed by atoms with van der Waals surface area (Å²) < 4.78 is 0. The third-order valence-corrected chi connectivity index (χ3v) is 2.89. The van der Waals surface area contributed by atoms with Crippen molar-refractivity contribution in [3.8, 4) is 0 Å². The molecule has 18 heavy (non-hydrogen) atoms. The van der Waals surface area contributed by atoms with Crippen molar-refractivity contribution >= 4 is 0 Å². The van der Waals surface area contributed by atoms with Crippen LogP contribution in [0.3, 0.4) is 0 Å². The Kier molecular flexibility index (Phi) is 5.83. The normalized spacial score (nSPS) is 13.9. The maximum atomic E-state index is 6.02. The van der Waals surface area contributed by atoms with Crippen molar-refractivity contribution in [3.63, 3.8) is 0 Å². The lowest BCUT2D eigenvalue weighted by Gasteiger charge is -2.37. The van der Waals surface area contributed by atoms with Gasteiger partial charge in [0.05, 0.1) is 12.1 Å². The van der Waals surface area contributed by atoms with Gasteiger partial charge in [0.2, 0.25) is 0 Å². The third-order valence-electron chi connectivity index (χ3n) is 2.89. The molecule has 1 atom stereocenters. The molecule has 1 aromatic carbocycles. The molecule has 2 nitrogen and oxygen atoms in total. The van der Waals surface area contributed by atoms with Crippen LogP contribution in [-0.2, 0) is 4.84 Å². The third kappa shape index (κ3) is 4.11. The Labute approximate surface area is 112 Å². The van der Waals surface area contributed by atoms with Gasteiger partial charge in [0.25, 0.3) is 0 Å². The molecule has 0 saturated carbocycles. The van der Waals surface area contributed by atoms with E-state index in [1.54, 1.807) is 0 Å². The fourth-order valence-corrected chi connectivity index (χ4v) is 2.23. The van der Waals surface area contributed by atoms with Crippen LogP contribution in [0.2, 0.25) is 0 Å². The molecule has 0 amide bonds. The predicted molar refractivity (Wildman–Crippen MR) is 77.2 cm³/mol. The highest BCUT2D eigenvalue weighted by Crippen LogP contribution is 2.30. The highest BCUT2D eigenvalue weighted by molar-refractivity contribution is 5.19. The second kappa shape index (κ2) is 6.91. The topological polar surface area (TPSA) is 12.5 Å². The molecule has 0 aliphatic carbocycles. The first-order valence-corrected chi connectivity index (χ1v) is 6.93. The summed E-state index contributed by atoms with van der Waals surface area (Å²) in [6.45, 7) is 13.0. The van der Waals surface area contributed by atoms with E-state index in [-0.39, 0.29) is 6.10 Å². The molecule has 0 radical (unpaired) electrons. The van der Waals surface area contributed by atoms with Gasteiger partial charge in [-0.25, -0.2) is 0 Å². The highest BCUT2D eigenvalue weighted by Gasteiger charge is 2.27. The molecule has 1 unspecified atom stereocenters. The van der Waals surface area contributed by atoms with Gasteiger partial charge in [-0.1, -0.05) is 44.2 Å². The Bertz CT molecular complexity index is 332. The van der Waals surface area contributed by atoms with Gasteiger partial charge in [-0.3, -0.25) is 4.84 Å². The van der Waals surface area contributed by atoms with Crippen LogP contribution in [0.5, 0.6) is 0 Å². The van der Waals surface area contributed by atoms with E-state index >= 15 is 0 Å². The molecule has 2 heteroatoms. The molecule has 102 valence electrons. The standard InChI is InChI=1S/C16H27NO/c1-12(2)16(15-10-8-7-9-11-15)17(13(3)4)18-14(5)6/h7-14,16H,1-6H3. The predicted octanol–water partition coefficient (Wildman–Crippen LogP) is 4.43. The second-order valence-corrected chi connectivity index (χ2v) is 5.71. The molecule has 0 N–H and O–H groups in total. The molecule has 1 rings (SSSR count). The second-order valence-electron chi connectivity index (χ2n) is 5.71. The molecule has 0 fully saturated rings. The molecule has 0 saturated heterocycles. The smallest absolute Gasteiger partial charge is 0.0737 e. The first kappa shape index (κ1) is 15.2. The van der Waals surface area contributed by atoms with E-state index in [1.807, 2.05) is 0 Å². The van der Waals surface area contributed by atoms with Gasteiger partial charge < -0.3 is 0 Å². The number of hydrogen-bond acceptors (Lipinski definition) is 2. The van der Waals surface area contributed by atoms with Crippen molar-refractivity contribution in [3.05, 3.63) is 35.9 Å². The first-order chi connectivity index (χ1) is 8.43. The van der Waals surface area contributed by atoms with Gasteiger partial charge in [0.15, 0.2) is 0 Å². The summed E-state index contributed by atoms with van der Waals surface area (Å²) in [5.41, 5.74) is 1.32. The van der Waals surface area contributed by atoms with Gasteiger partial charge in [0, 0.05) is 6.04 Å². The summed E-state index contributed by atoms with van der Waals surface area (Å²) in [6, 6.07) is 11.3.